The highest BCUT2D eigenvalue weighted by molar-refractivity contribution is 5.73. The zero-order valence-electron chi connectivity index (χ0n) is 13.9. The fourth-order valence-corrected chi connectivity index (χ4v) is 3.21. The SMILES string of the molecule is Cc1cc(N(C)c2ccc3c(c2)N(F)C3C)ccc1C(C)C. The molecule has 1 aliphatic rings. The molecule has 2 aromatic rings. The van der Waals surface area contributed by atoms with Crippen LogP contribution in [0.15, 0.2) is 36.4 Å². The Morgan fingerprint density at radius 3 is 2.36 bits per heavy atom. The summed E-state index contributed by atoms with van der Waals surface area (Å²) in [6, 6.07) is 12.4. The zero-order chi connectivity index (χ0) is 16.0. The van der Waals surface area contributed by atoms with Gasteiger partial charge < -0.3 is 4.90 Å². The molecular weight excluding hydrogens is 275 g/mol. The van der Waals surface area contributed by atoms with E-state index in [1.54, 1.807) is 0 Å². The second-order valence-electron chi connectivity index (χ2n) is 6.48. The molecule has 0 aliphatic carbocycles. The molecule has 1 aliphatic heterocycles. The predicted molar refractivity (Wildman–Crippen MR) is 91.8 cm³/mol. The van der Waals surface area contributed by atoms with Crippen molar-refractivity contribution in [3.63, 3.8) is 0 Å². The van der Waals surface area contributed by atoms with Crippen LogP contribution in [0.1, 0.15) is 49.4 Å². The third-order valence-corrected chi connectivity index (χ3v) is 4.68. The van der Waals surface area contributed by atoms with Gasteiger partial charge in [0.2, 0.25) is 0 Å². The summed E-state index contributed by atoms with van der Waals surface area (Å²) in [6.07, 6.45) is 0. The summed E-state index contributed by atoms with van der Waals surface area (Å²) in [5, 5.41) is 0.833. The van der Waals surface area contributed by atoms with E-state index < -0.39 is 0 Å². The molecule has 0 aromatic heterocycles. The van der Waals surface area contributed by atoms with E-state index in [9.17, 15) is 4.48 Å². The predicted octanol–water partition coefficient (Wildman–Crippen LogP) is 5.65. The van der Waals surface area contributed by atoms with Crippen LogP contribution >= 0.6 is 0 Å². The molecule has 22 heavy (non-hydrogen) atoms. The van der Waals surface area contributed by atoms with Crippen molar-refractivity contribution in [2.75, 3.05) is 17.1 Å². The summed E-state index contributed by atoms with van der Waals surface area (Å²) in [7, 11) is 2.02. The van der Waals surface area contributed by atoms with Crippen molar-refractivity contribution in [1.82, 2.24) is 0 Å². The van der Waals surface area contributed by atoms with Gasteiger partial charge in [0.15, 0.2) is 0 Å². The Labute approximate surface area is 132 Å². The van der Waals surface area contributed by atoms with Crippen LogP contribution in [0, 0.1) is 6.92 Å². The summed E-state index contributed by atoms with van der Waals surface area (Å²) in [6.45, 7) is 8.44. The second-order valence-corrected chi connectivity index (χ2v) is 6.48. The summed E-state index contributed by atoms with van der Waals surface area (Å²) >= 11 is 0. The van der Waals surface area contributed by atoms with Crippen molar-refractivity contribution in [2.45, 2.75) is 39.7 Å². The maximum absolute atomic E-state index is 13.8. The number of halogens is 1. The Hall–Kier alpha value is -2.03. The van der Waals surface area contributed by atoms with Crippen molar-refractivity contribution < 1.29 is 4.48 Å². The van der Waals surface area contributed by atoms with Gasteiger partial charge in [-0.25, -0.2) is 5.12 Å². The van der Waals surface area contributed by atoms with Gasteiger partial charge in [-0.15, -0.1) is 0 Å². The van der Waals surface area contributed by atoms with Gasteiger partial charge in [-0.1, -0.05) is 30.5 Å². The maximum atomic E-state index is 13.8. The van der Waals surface area contributed by atoms with Crippen molar-refractivity contribution in [3.05, 3.63) is 53.1 Å². The topological polar surface area (TPSA) is 6.48 Å². The summed E-state index contributed by atoms with van der Waals surface area (Å²) in [5.41, 5.74) is 6.56. The number of hydrogen-bond donors (Lipinski definition) is 0. The Morgan fingerprint density at radius 2 is 1.73 bits per heavy atom. The fraction of sp³-hybridized carbons (Fsp3) is 0.368. The molecule has 2 aromatic carbocycles. The number of hydrogen-bond acceptors (Lipinski definition) is 2. The van der Waals surface area contributed by atoms with Gasteiger partial charge in [0, 0.05) is 24.0 Å². The molecular formula is C19H23FN2. The number of nitrogens with zero attached hydrogens (tertiary/aromatic N) is 2. The highest BCUT2D eigenvalue weighted by atomic mass is 19.2. The van der Waals surface area contributed by atoms with Crippen LogP contribution in [0.4, 0.5) is 21.5 Å². The molecule has 0 radical (unpaired) electrons. The zero-order valence-corrected chi connectivity index (χ0v) is 13.9. The van der Waals surface area contributed by atoms with Gasteiger partial charge in [0.1, 0.15) is 0 Å². The number of anilines is 3. The lowest BCUT2D eigenvalue weighted by atomic mass is 9.96. The highest BCUT2D eigenvalue weighted by Crippen LogP contribution is 2.45. The first-order valence-corrected chi connectivity index (χ1v) is 7.83. The lowest BCUT2D eigenvalue weighted by Crippen LogP contribution is -2.29. The van der Waals surface area contributed by atoms with E-state index in [4.69, 9.17) is 0 Å². The molecule has 0 N–H and O–H groups in total. The third-order valence-electron chi connectivity index (χ3n) is 4.68. The average molecular weight is 298 g/mol. The molecule has 3 rings (SSSR count). The lowest BCUT2D eigenvalue weighted by molar-refractivity contribution is 0.350. The molecule has 2 nitrogen and oxygen atoms in total. The molecule has 3 heteroatoms. The number of rotatable bonds is 3. The van der Waals surface area contributed by atoms with Crippen molar-refractivity contribution in [3.8, 4) is 0 Å². The molecule has 1 heterocycles. The fourth-order valence-electron chi connectivity index (χ4n) is 3.21. The molecule has 0 saturated carbocycles. The first-order chi connectivity index (χ1) is 10.4. The summed E-state index contributed by atoms with van der Waals surface area (Å²) in [4.78, 5) is 2.11. The molecule has 0 saturated heterocycles. The van der Waals surface area contributed by atoms with Gasteiger partial charge in [-0.2, -0.15) is 0 Å². The van der Waals surface area contributed by atoms with Crippen LogP contribution in [0.25, 0.3) is 0 Å². The Morgan fingerprint density at radius 1 is 1.09 bits per heavy atom. The van der Waals surface area contributed by atoms with Crippen LogP contribution in [-0.4, -0.2) is 7.05 Å². The average Bonchev–Trinajstić information content (AvgIpc) is 2.52. The van der Waals surface area contributed by atoms with Crippen molar-refractivity contribution in [2.24, 2.45) is 0 Å². The van der Waals surface area contributed by atoms with Gasteiger partial charge in [-0.3, -0.25) is 0 Å². The first-order valence-electron chi connectivity index (χ1n) is 7.83. The van der Waals surface area contributed by atoms with Crippen LogP contribution < -0.4 is 10.0 Å². The Bertz CT molecular complexity index is 709. The summed E-state index contributed by atoms with van der Waals surface area (Å²) in [5.74, 6) is 0.525. The second kappa shape index (κ2) is 5.31. The molecule has 0 amide bonds. The Balaban J connectivity index is 1.91. The van der Waals surface area contributed by atoms with Crippen LogP contribution in [-0.2, 0) is 0 Å². The lowest BCUT2D eigenvalue weighted by Gasteiger charge is -2.36. The third kappa shape index (κ3) is 2.25. The van der Waals surface area contributed by atoms with Crippen molar-refractivity contribution in [1.29, 1.82) is 0 Å². The van der Waals surface area contributed by atoms with E-state index in [0.29, 0.717) is 11.6 Å². The molecule has 1 atom stereocenters. The smallest absolute Gasteiger partial charge is 0.0858 e. The van der Waals surface area contributed by atoms with Crippen LogP contribution in [0.5, 0.6) is 0 Å². The van der Waals surface area contributed by atoms with E-state index in [-0.39, 0.29) is 6.04 Å². The molecule has 1 unspecified atom stereocenters. The number of benzene rings is 2. The Kier molecular flexibility index (Phi) is 3.59. The largest absolute Gasteiger partial charge is 0.345 e. The molecule has 0 bridgehead atoms. The summed E-state index contributed by atoms with van der Waals surface area (Å²) < 4.78 is 13.8. The number of fused-ring (bicyclic) bond motifs is 1. The van der Waals surface area contributed by atoms with E-state index in [2.05, 4.69) is 49.9 Å². The van der Waals surface area contributed by atoms with Gasteiger partial charge in [0.25, 0.3) is 0 Å². The quantitative estimate of drug-likeness (QED) is 0.675. The van der Waals surface area contributed by atoms with Crippen LogP contribution in [0.3, 0.4) is 0 Å². The highest BCUT2D eigenvalue weighted by Gasteiger charge is 2.31. The minimum atomic E-state index is -0.123. The molecule has 0 fully saturated rings. The normalized spacial score (nSPS) is 16.5. The van der Waals surface area contributed by atoms with Crippen LogP contribution in [0.2, 0.25) is 0 Å². The minimum Gasteiger partial charge on any atom is -0.345 e. The van der Waals surface area contributed by atoms with Crippen molar-refractivity contribution >= 4 is 17.1 Å². The minimum absolute atomic E-state index is 0.123. The number of aryl methyl sites for hydroxylation is 1. The van der Waals surface area contributed by atoms with E-state index in [1.807, 2.05) is 26.1 Å². The molecule has 0 spiro atoms. The van der Waals surface area contributed by atoms with E-state index in [1.165, 1.54) is 11.1 Å². The van der Waals surface area contributed by atoms with E-state index in [0.717, 1.165) is 22.1 Å². The van der Waals surface area contributed by atoms with Gasteiger partial charge >= 0.3 is 0 Å². The van der Waals surface area contributed by atoms with Gasteiger partial charge in [0.05, 0.1) is 11.7 Å². The maximum Gasteiger partial charge on any atom is 0.0858 e. The molecule has 116 valence electrons. The van der Waals surface area contributed by atoms with E-state index >= 15 is 0 Å². The standard InChI is InChI=1S/C19H23FN2/c1-12(2)17-8-6-15(10-13(17)3)21(5)16-7-9-18-14(4)22(20)19(18)11-16/h6-12,14H,1-5H3. The first kappa shape index (κ1) is 14.9. The monoisotopic (exact) mass is 298 g/mol. The van der Waals surface area contributed by atoms with Gasteiger partial charge in [-0.05, 0) is 55.2 Å².